The van der Waals surface area contributed by atoms with Gasteiger partial charge in [0.25, 0.3) is 0 Å². The van der Waals surface area contributed by atoms with Gasteiger partial charge in [0.2, 0.25) is 11.8 Å². The van der Waals surface area contributed by atoms with Crippen molar-refractivity contribution in [3.8, 4) is 11.5 Å². The highest BCUT2D eigenvalue weighted by molar-refractivity contribution is 5.94. The van der Waals surface area contributed by atoms with Gasteiger partial charge in [0.05, 0.1) is 12.2 Å². The van der Waals surface area contributed by atoms with E-state index in [-0.39, 0.29) is 18.3 Å². The summed E-state index contributed by atoms with van der Waals surface area (Å²) in [7, 11) is 0. The van der Waals surface area contributed by atoms with Crippen LogP contribution >= 0.6 is 12.4 Å². The average Bonchev–Trinajstić information content (AvgIpc) is 2.89. The quantitative estimate of drug-likeness (QED) is 0.909. The lowest BCUT2D eigenvalue weighted by Crippen LogP contribution is -2.32. The smallest absolute Gasteiger partial charge is 0.240 e. The Morgan fingerprint density at radius 3 is 2.33 bits per heavy atom. The molecule has 3 N–H and O–H groups in total. The molecule has 0 fully saturated rings. The summed E-state index contributed by atoms with van der Waals surface area (Å²) in [4.78, 5) is 15.7. The van der Waals surface area contributed by atoms with E-state index in [1.807, 2.05) is 12.1 Å². The highest BCUT2D eigenvalue weighted by atomic mass is 35.5. The van der Waals surface area contributed by atoms with E-state index in [0.29, 0.717) is 17.5 Å². The second-order valence-corrected chi connectivity index (χ2v) is 5.08. The number of nitrogens with two attached hydrogens (primary N) is 1. The maximum absolute atomic E-state index is 11.5. The van der Waals surface area contributed by atoms with Gasteiger partial charge in [0.15, 0.2) is 0 Å². The Balaban J connectivity index is 0.00000220. The molecule has 114 valence electrons. The standard InChI is InChI=1S/C15H19N3O2.ClH/c1-9(2)13-8-17-15(20-13)11-4-6-12(7-5-11)18-14(19)10(3)16;/h4-10H,16H2,1-3H3,(H,18,19);1H/t10-;/m1./s1. The van der Waals surface area contributed by atoms with Gasteiger partial charge in [-0.15, -0.1) is 12.4 Å². The number of hydrogen-bond acceptors (Lipinski definition) is 4. The van der Waals surface area contributed by atoms with E-state index in [1.54, 1.807) is 25.3 Å². The number of carbonyl (C=O) groups excluding carboxylic acids is 1. The van der Waals surface area contributed by atoms with E-state index in [9.17, 15) is 4.79 Å². The van der Waals surface area contributed by atoms with E-state index < -0.39 is 6.04 Å². The number of carbonyl (C=O) groups is 1. The first-order valence-electron chi connectivity index (χ1n) is 6.60. The summed E-state index contributed by atoms with van der Waals surface area (Å²) in [5, 5.41) is 2.73. The highest BCUT2D eigenvalue weighted by Crippen LogP contribution is 2.24. The summed E-state index contributed by atoms with van der Waals surface area (Å²) in [5.41, 5.74) is 7.07. The average molecular weight is 310 g/mol. The lowest BCUT2D eigenvalue weighted by molar-refractivity contribution is -0.117. The fourth-order valence-corrected chi connectivity index (χ4v) is 1.64. The number of aromatic nitrogens is 1. The maximum atomic E-state index is 11.5. The lowest BCUT2D eigenvalue weighted by Gasteiger charge is -2.07. The number of anilines is 1. The Bertz CT molecular complexity index is 591. The van der Waals surface area contributed by atoms with E-state index in [1.165, 1.54) is 0 Å². The predicted octanol–water partition coefficient (Wildman–Crippen LogP) is 3.17. The number of amides is 1. The molecule has 1 amide bonds. The molecular weight excluding hydrogens is 290 g/mol. The molecule has 6 heteroatoms. The minimum Gasteiger partial charge on any atom is -0.441 e. The first-order valence-corrected chi connectivity index (χ1v) is 6.60. The summed E-state index contributed by atoms with van der Waals surface area (Å²) in [5.74, 6) is 1.53. The van der Waals surface area contributed by atoms with Gasteiger partial charge in [0.1, 0.15) is 5.76 Å². The molecule has 5 nitrogen and oxygen atoms in total. The number of rotatable bonds is 4. The van der Waals surface area contributed by atoms with E-state index in [2.05, 4.69) is 24.1 Å². The summed E-state index contributed by atoms with van der Waals surface area (Å²) in [6, 6.07) is 6.78. The van der Waals surface area contributed by atoms with Crippen LogP contribution in [0.3, 0.4) is 0 Å². The first-order chi connectivity index (χ1) is 9.47. The predicted molar refractivity (Wildman–Crippen MR) is 85.6 cm³/mol. The third-order valence-corrected chi connectivity index (χ3v) is 2.91. The van der Waals surface area contributed by atoms with Crippen molar-refractivity contribution in [1.82, 2.24) is 4.98 Å². The van der Waals surface area contributed by atoms with Crippen LogP contribution in [0.1, 0.15) is 32.4 Å². The zero-order valence-electron chi connectivity index (χ0n) is 12.3. The monoisotopic (exact) mass is 309 g/mol. The van der Waals surface area contributed by atoms with Gasteiger partial charge in [-0.3, -0.25) is 4.79 Å². The van der Waals surface area contributed by atoms with Crippen LogP contribution in [0.15, 0.2) is 34.9 Å². The minimum atomic E-state index is -0.532. The Hall–Kier alpha value is -1.85. The molecule has 1 heterocycles. The van der Waals surface area contributed by atoms with Crippen LogP contribution in [0.2, 0.25) is 0 Å². The highest BCUT2D eigenvalue weighted by Gasteiger charge is 2.10. The molecule has 0 bridgehead atoms. The van der Waals surface area contributed by atoms with E-state index >= 15 is 0 Å². The van der Waals surface area contributed by atoms with Crippen molar-refractivity contribution >= 4 is 24.0 Å². The molecule has 0 aliphatic rings. The molecule has 0 saturated heterocycles. The van der Waals surface area contributed by atoms with Crippen LogP contribution in [0.4, 0.5) is 5.69 Å². The molecule has 2 aromatic rings. The van der Waals surface area contributed by atoms with Gasteiger partial charge in [-0.1, -0.05) is 13.8 Å². The zero-order chi connectivity index (χ0) is 14.7. The topological polar surface area (TPSA) is 81.2 Å². The molecule has 1 atom stereocenters. The van der Waals surface area contributed by atoms with Gasteiger partial charge in [-0.05, 0) is 31.2 Å². The minimum absolute atomic E-state index is 0. The number of hydrogen-bond donors (Lipinski definition) is 2. The Morgan fingerprint density at radius 2 is 1.86 bits per heavy atom. The van der Waals surface area contributed by atoms with Crippen LogP contribution in [0.25, 0.3) is 11.5 Å². The van der Waals surface area contributed by atoms with Crippen LogP contribution in [-0.4, -0.2) is 16.9 Å². The molecule has 0 aliphatic carbocycles. The SMILES string of the molecule is CC(C)c1cnc(-c2ccc(NC(=O)[C@@H](C)N)cc2)o1.Cl. The molecule has 21 heavy (non-hydrogen) atoms. The van der Waals surface area contributed by atoms with Crippen molar-refractivity contribution in [2.24, 2.45) is 5.73 Å². The molecule has 0 aliphatic heterocycles. The van der Waals surface area contributed by atoms with Crippen molar-refractivity contribution in [2.75, 3.05) is 5.32 Å². The third kappa shape index (κ3) is 4.31. The second-order valence-electron chi connectivity index (χ2n) is 5.08. The van der Waals surface area contributed by atoms with Gasteiger partial charge < -0.3 is 15.5 Å². The van der Waals surface area contributed by atoms with Crippen molar-refractivity contribution in [3.63, 3.8) is 0 Å². The largest absolute Gasteiger partial charge is 0.441 e. The Labute approximate surface area is 130 Å². The third-order valence-electron chi connectivity index (χ3n) is 2.91. The fourth-order valence-electron chi connectivity index (χ4n) is 1.64. The summed E-state index contributed by atoms with van der Waals surface area (Å²) in [6.07, 6.45) is 1.74. The van der Waals surface area contributed by atoms with Crippen molar-refractivity contribution in [3.05, 3.63) is 36.2 Å². The van der Waals surface area contributed by atoms with Crippen LogP contribution in [0.5, 0.6) is 0 Å². The maximum Gasteiger partial charge on any atom is 0.240 e. The lowest BCUT2D eigenvalue weighted by atomic mass is 10.2. The molecule has 2 rings (SSSR count). The second kappa shape index (κ2) is 7.24. The number of benzene rings is 1. The van der Waals surface area contributed by atoms with Crippen molar-refractivity contribution in [2.45, 2.75) is 32.7 Å². The molecule has 1 aromatic carbocycles. The molecule has 0 spiro atoms. The number of halogens is 1. The number of oxazole rings is 1. The van der Waals surface area contributed by atoms with Gasteiger partial charge >= 0.3 is 0 Å². The van der Waals surface area contributed by atoms with E-state index in [0.717, 1.165) is 11.3 Å². The van der Waals surface area contributed by atoms with Crippen LogP contribution in [0, 0.1) is 0 Å². The molecule has 0 radical (unpaired) electrons. The van der Waals surface area contributed by atoms with Crippen LogP contribution in [-0.2, 0) is 4.79 Å². The Morgan fingerprint density at radius 1 is 1.24 bits per heavy atom. The fraction of sp³-hybridized carbons (Fsp3) is 0.333. The molecule has 1 aromatic heterocycles. The number of nitrogens with zero attached hydrogens (tertiary/aromatic N) is 1. The molecular formula is C15H20ClN3O2. The number of nitrogens with one attached hydrogen (secondary N) is 1. The summed E-state index contributed by atoms with van der Waals surface area (Å²) < 4.78 is 5.67. The summed E-state index contributed by atoms with van der Waals surface area (Å²) >= 11 is 0. The first kappa shape index (κ1) is 17.2. The Kier molecular flexibility index (Phi) is 5.93. The van der Waals surface area contributed by atoms with Crippen molar-refractivity contribution in [1.29, 1.82) is 0 Å². The zero-order valence-corrected chi connectivity index (χ0v) is 13.1. The van der Waals surface area contributed by atoms with E-state index in [4.69, 9.17) is 10.2 Å². The summed E-state index contributed by atoms with van der Waals surface area (Å²) in [6.45, 7) is 5.75. The normalized spacial score (nSPS) is 11.9. The van der Waals surface area contributed by atoms with Gasteiger partial charge in [-0.2, -0.15) is 0 Å². The van der Waals surface area contributed by atoms with Gasteiger partial charge in [0, 0.05) is 17.2 Å². The van der Waals surface area contributed by atoms with Crippen molar-refractivity contribution < 1.29 is 9.21 Å². The van der Waals surface area contributed by atoms with Gasteiger partial charge in [-0.25, -0.2) is 4.98 Å². The molecule has 0 unspecified atom stereocenters. The molecule has 0 saturated carbocycles. The van der Waals surface area contributed by atoms with Crippen LogP contribution < -0.4 is 11.1 Å².